The van der Waals surface area contributed by atoms with E-state index in [1.54, 1.807) is 20.5 Å². The smallest absolute Gasteiger partial charge is 0.391 e. The number of rotatable bonds is 5. The molecule has 1 unspecified atom stereocenters. The molecule has 0 saturated carbocycles. The molecule has 3 rings (SSSR count). The molecule has 1 aliphatic heterocycles. The van der Waals surface area contributed by atoms with Crippen molar-refractivity contribution in [3.8, 4) is 11.6 Å². The third kappa shape index (κ3) is 5.57. The Hall–Kier alpha value is -2.58. The van der Waals surface area contributed by atoms with E-state index in [0.29, 0.717) is 31.9 Å². The maximum absolute atomic E-state index is 13.0. The van der Waals surface area contributed by atoms with Gasteiger partial charge in [0.15, 0.2) is 0 Å². The number of para-hydroxylation sites is 1. The van der Waals surface area contributed by atoms with Gasteiger partial charge in [0.25, 0.3) is 0 Å². The van der Waals surface area contributed by atoms with E-state index >= 15 is 0 Å². The number of carbonyl (C=O) groups is 2. The van der Waals surface area contributed by atoms with Crippen molar-refractivity contribution < 1.29 is 14.3 Å². The number of carbonyl (C=O) groups excluding carboxylic acids is 2. The molecular formula is C22H32ClN5O3. The van der Waals surface area contributed by atoms with Gasteiger partial charge in [-0.1, -0.05) is 39.0 Å². The molecule has 0 radical (unpaired) electrons. The maximum Gasteiger partial charge on any atom is 0.416 e. The fourth-order valence-corrected chi connectivity index (χ4v) is 3.59. The minimum atomic E-state index is -0.524. The molecule has 2 N–H and O–H groups in total. The highest BCUT2D eigenvalue weighted by Crippen LogP contribution is 2.22. The van der Waals surface area contributed by atoms with E-state index in [1.165, 1.54) is 0 Å². The topological polar surface area (TPSA) is 93.7 Å². The van der Waals surface area contributed by atoms with Gasteiger partial charge in [-0.05, 0) is 31.4 Å². The Morgan fingerprint density at radius 1 is 1.23 bits per heavy atom. The van der Waals surface area contributed by atoms with Gasteiger partial charge >= 0.3 is 6.09 Å². The summed E-state index contributed by atoms with van der Waals surface area (Å²) < 4.78 is 7.35. The van der Waals surface area contributed by atoms with Gasteiger partial charge in [-0.25, -0.2) is 9.48 Å². The summed E-state index contributed by atoms with van der Waals surface area (Å²) in [5.41, 5.74) is 7.62. The summed E-state index contributed by atoms with van der Waals surface area (Å²) in [6, 6.07) is 10.6. The predicted molar refractivity (Wildman–Crippen MR) is 122 cm³/mol. The van der Waals surface area contributed by atoms with Gasteiger partial charge in [0.05, 0.1) is 23.5 Å². The second-order valence-electron chi connectivity index (χ2n) is 8.05. The lowest BCUT2D eigenvalue weighted by Crippen LogP contribution is -2.59. The van der Waals surface area contributed by atoms with Crippen LogP contribution in [0.3, 0.4) is 0 Å². The Kier molecular flexibility index (Phi) is 8.47. The summed E-state index contributed by atoms with van der Waals surface area (Å²) in [7, 11) is 0. The van der Waals surface area contributed by atoms with E-state index in [-0.39, 0.29) is 30.3 Å². The molecule has 8 nitrogen and oxygen atoms in total. The number of hydrogen-bond donors (Lipinski definition) is 1. The number of halogens is 1. The van der Waals surface area contributed by atoms with Crippen LogP contribution in [0.25, 0.3) is 5.69 Å². The molecule has 2 atom stereocenters. The van der Waals surface area contributed by atoms with Crippen molar-refractivity contribution in [1.82, 2.24) is 19.6 Å². The van der Waals surface area contributed by atoms with Crippen molar-refractivity contribution >= 4 is 24.4 Å². The van der Waals surface area contributed by atoms with Crippen LogP contribution in [0, 0.1) is 12.8 Å². The monoisotopic (exact) mass is 449 g/mol. The SMILES string of the molecule is CCC1CN(C(=O)[C@@H](N)C(C)C)CCN1C(=O)Oc1cc(C)nn1-c1ccccc1.Cl. The summed E-state index contributed by atoms with van der Waals surface area (Å²) in [6.45, 7) is 9.04. The molecule has 9 heteroatoms. The molecule has 1 aromatic heterocycles. The van der Waals surface area contributed by atoms with Crippen LogP contribution in [0.1, 0.15) is 32.9 Å². The minimum Gasteiger partial charge on any atom is -0.391 e. The molecule has 0 bridgehead atoms. The standard InChI is InChI=1S/C22H31N5O3.ClH/c1-5-17-14-25(21(28)20(23)15(2)3)11-12-26(17)22(29)30-19-13-16(4)24-27(19)18-9-7-6-8-10-18;/h6-10,13,15,17,20H,5,11-12,14,23H2,1-4H3;1H/t17?,20-;/m0./s1. The van der Waals surface area contributed by atoms with Crippen molar-refractivity contribution in [2.75, 3.05) is 19.6 Å². The number of aryl methyl sites for hydroxylation is 1. The van der Waals surface area contributed by atoms with Crippen molar-refractivity contribution in [2.45, 2.75) is 46.2 Å². The number of amides is 2. The van der Waals surface area contributed by atoms with Crippen LogP contribution < -0.4 is 10.5 Å². The molecule has 1 aliphatic rings. The zero-order valence-corrected chi connectivity index (χ0v) is 19.3. The van der Waals surface area contributed by atoms with Gasteiger partial charge in [0.2, 0.25) is 11.8 Å². The molecule has 2 aromatic rings. The highest BCUT2D eigenvalue weighted by Gasteiger charge is 2.35. The highest BCUT2D eigenvalue weighted by molar-refractivity contribution is 5.85. The van der Waals surface area contributed by atoms with E-state index in [2.05, 4.69) is 5.10 Å². The molecule has 0 spiro atoms. The number of piperazine rings is 1. The Labute approximate surface area is 189 Å². The Bertz CT molecular complexity index is 887. The van der Waals surface area contributed by atoms with Gasteiger partial charge in [-0.15, -0.1) is 12.4 Å². The maximum atomic E-state index is 13.0. The van der Waals surface area contributed by atoms with Gasteiger partial charge in [-0.2, -0.15) is 5.10 Å². The third-order valence-corrected chi connectivity index (χ3v) is 5.50. The van der Waals surface area contributed by atoms with Gasteiger partial charge in [0, 0.05) is 25.7 Å². The predicted octanol–water partition coefficient (Wildman–Crippen LogP) is 3.01. The van der Waals surface area contributed by atoms with E-state index in [4.69, 9.17) is 10.5 Å². The first-order chi connectivity index (χ1) is 14.3. The summed E-state index contributed by atoms with van der Waals surface area (Å²) >= 11 is 0. The Morgan fingerprint density at radius 2 is 1.90 bits per heavy atom. The zero-order valence-electron chi connectivity index (χ0n) is 18.5. The van der Waals surface area contributed by atoms with Gasteiger partial charge < -0.3 is 20.3 Å². The molecular weight excluding hydrogens is 418 g/mol. The summed E-state index contributed by atoms with van der Waals surface area (Å²) in [5.74, 6) is 0.384. The normalized spacial score (nSPS) is 17.3. The Balaban J connectivity index is 0.00000341. The third-order valence-electron chi connectivity index (χ3n) is 5.50. The van der Waals surface area contributed by atoms with Crippen molar-refractivity contribution in [3.63, 3.8) is 0 Å². The molecule has 31 heavy (non-hydrogen) atoms. The van der Waals surface area contributed by atoms with Crippen LogP contribution in [-0.4, -0.2) is 63.3 Å². The molecule has 2 heterocycles. The summed E-state index contributed by atoms with van der Waals surface area (Å²) in [6.07, 6.45) is 0.284. The van der Waals surface area contributed by atoms with Crippen LogP contribution in [0.2, 0.25) is 0 Å². The minimum absolute atomic E-state index is 0. The molecule has 1 aromatic carbocycles. The highest BCUT2D eigenvalue weighted by atomic mass is 35.5. The molecule has 170 valence electrons. The fourth-order valence-electron chi connectivity index (χ4n) is 3.59. The lowest BCUT2D eigenvalue weighted by molar-refractivity contribution is -0.136. The van der Waals surface area contributed by atoms with Crippen molar-refractivity contribution in [1.29, 1.82) is 0 Å². The van der Waals surface area contributed by atoms with Crippen LogP contribution in [0.5, 0.6) is 5.88 Å². The number of ether oxygens (including phenoxy) is 1. The lowest BCUT2D eigenvalue weighted by Gasteiger charge is -2.41. The zero-order chi connectivity index (χ0) is 21.8. The first-order valence-corrected chi connectivity index (χ1v) is 10.5. The average Bonchev–Trinajstić information content (AvgIpc) is 3.12. The molecule has 1 saturated heterocycles. The molecule has 0 aliphatic carbocycles. The Morgan fingerprint density at radius 3 is 2.52 bits per heavy atom. The number of nitrogens with zero attached hydrogens (tertiary/aromatic N) is 4. The number of hydrogen-bond acceptors (Lipinski definition) is 5. The lowest BCUT2D eigenvalue weighted by atomic mass is 10.0. The summed E-state index contributed by atoms with van der Waals surface area (Å²) in [4.78, 5) is 29.1. The van der Waals surface area contributed by atoms with E-state index < -0.39 is 12.1 Å². The van der Waals surface area contributed by atoms with Crippen LogP contribution >= 0.6 is 12.4 Å². The van der Waals surface area contributed by atoms with Gasteiger partial charge in [-0.3, -0.25) is 4.79 Å². The van der Waals surface area contributed by atoms with Crippen LogP contribution in [0.4, 0.5) is 4.79 Å². The van der Waals surface area contributed by atoms with Crippen LogP contribution in [0.15, 0.2) is 36.4 Å². The van der Waals surface area contributed by atoms with Crippen molar-refractivity contribution in [2.24, 2.45) is 11.7 Å². The summed E-state index contributed by atoms with van der Waals surface area (Å²) in [5, 5.41) is 4.44. The molecule has 1 fully saturated rings. The van der Waals surface area contributed by atoms with E-state index in [9.17, 15) is 9.59 Å². The number of benzene rings is 1. The van der Waals surface area contributed by atoms with E-state index in [0.717, 1.165) is 11.4 Å². The largest absolute Gasteiger partial charge is 0.416 e. The first kappa shape index (κ1) is 24.7. The number of aromatic nitrogens is 2. The fraction of sp³-hybridized carbons (Fsp3) is 0.500. The van der Waals surface area contributed by atoms with Gasteiger partial charge in [0.1, 0.15) is 0 Å². The second-order valence-corrected chi connectivity index (χ2v) is 8.05. The van der Waals surface area contributed by atoms with E-state index in [1.807, 2.05) is 58.0 Å². The number of nitrogens with two attached hydrogens (primary N) is 1. The molecule has 2 amide bonds. The van der Waals surface area contributed by atoms with Crippen molar-refractivity contribution in [3.05, 3.63) is 42.1 Å². The van der Waals surface area contributed by atoms with Crippen LogP contribution in [-0.2, 0) is 4.79 Å². The first-order valence-electron chi connectivity index (χ1n) is 10.5. The average molecular weight is 450 g/mol. The quantitative estimate of drug-likeness (QED) is 0.757. The second kappa shape index (κ2) is 10.6.